The maximum absolute atomic E-state index is 13.3. The average molecular weight is 191 g/mol. The van der Waals surface area contributed by atoms with Crippen LogP contribution in [0, 0.1) is 5.82 Å². The fraction of sp³-hybridized carbons (Fsp3) is 0.333. The van der Waals surface area contributed by atoms with Gasteiger partial charge in [-0.15, -0.1) is 0 Å². The summed E-state index contributed by atoms with van der Waals surface area (Å²) >= 11 is 0. The normalized spacial score (nSPS) is 11.0. The molecule has 1 aromatic heterocycles. The average Bonchev–Trinajstić information content (AvgIpc) is 2.60. The number of nitrogens with one attached hydrogen (secondary N) is 1. The molecule has 0 radical (unpaired) electrons. The molecule has 0 saturated heterocycles. The Labute approximate surface area is 82.9 Å². The number of rotatable bonds is 3. The van der Waals surface area contributed by atoms with E-state index in [4.69, 9.17) is 0 Å². The lowest BCUT2D eigenvalue weighted by molar-refractivity contribution is 0.637. The highest BCUT2D eigenvalue weighted by molar-refractivity contribution is 5.83. The molecule has 0 aliphatic carbocycles. The fourth-order valence-electron chi connectivity index (χ4n) is 1.75. The van der Waals surface area contributed by atoms with Gasteiger partial charge < -0.3 is 4.98 Å². The summed E-state index contributed by atoms with van der Waals surface area (Å²) in [4.78, 5) is 2.99. The van der Waals surface area contributed by atoms with Gasteiger partial charge in [-0.3, -0.25) is 0 Å². The van der Waals surface area contributed by atoms with Crippen molar-refractivity contribution in [3.8, 4) is 0 Å². The number of benzene rings is 1. The monoisotopic (exact) mass is 191 g/mol. The van der Waals surface area contributed by atoms with Crippen molar-refractivity contribution < 1.29 is 4.39 Å². The number of aromatic amines is 1. The summed E-state index contributed by atoms with van der Waals surface area (Å²) in [6.45, 7) is 2.16. The Balaban J connectivity index is 2.42. The van der Waals surface area contributed by atoms with E-state index < -0.39 is 0 Å². The molecule has 0 amide bonds. The van der Waals surface area contributed by atoms with Crippen molar-refractivity contribution in [1.29, 1.82) is 0 Å². The molecule has 2 heteroatoms. The Morgan fingerprint density at radius 3 is 3.00 bits per heavy atom. The van der Waals surface area contributed by atoms with Gasteiger partial charge in [-0.1, -0.05) is 25.5 Å². The van der Waals surface area contributed by atoms with Gasteiger partial charge in [-0.05, 0) is 24.5 Å². The highest BCUT2D eigenvalue weighted by atomic mass is 19.1. The molecule has 0 bridgehead atoms. The summed E-state index contributed by atoms with van der Waals surface area (Å²) in [5.74, 6) is -0.162. The zero-order valence-corrected chi connectivity index (χ0v) is 8.31. The van der Waals surface area contributed by atoms with Crippen LogP contribution in [0.4, 0.5) is 4.39 Å². The molecule has 0 aliphatic rings. The number of halogens is 1. The van der Waals surface area contributed by atoms with Gasteiger partial charge in [0.1, 0.15) is 5.82 Å². The van der Waals surface area contributed by atoms with E-state index in [1.807, 2.05) is 12.3 Å². The van der Waals surface area contributed by atoms with E-state index in [0.717, 1.165) is 18.2 Å². The quantitative estimate of drug-likeness (QED) is 0.762. The maximum atomic E-state index is 13.3. The minimum atomic E-state index is -0.162. The van der Waals surface area contributed by atoms with E-state index in [9.17, 15) is 4.39 Å². The standard InChI is InChI=1S/C12H14FN/c1-2-3-5-9-8-14-12-10(9)6-4-7-11(12)13/h4,6-8,14H,2-3,5H2,1H3. The summed E-state index contributed by atoms with van der Waals surface area (Å²) in [6.07, 6.45) is 5.27. The smallest absolute Gasteiger partial charge is 0.147 e. The van der Waals surface area contributed by atoms with Crippen LogP contribution in [-0.4, -0.2) is 4.98 Å². The van der Waals surface area contributed by atoms with Crippen LogP contribution in [0.15, 0.2) is 24.4 Å². The number of fused-ring (bicyclic) bond motifs is 1. The van der Waals surface area contributed by atoms with Crippen molar-refractivity contribution in [2.24, 2.45) is 0 Å². The van der Waals surface area contributed by atoms with Crippen molar-refractivity contribution >= 4 is 10.9 Å². The Hall–Kier alpha value is -1.31. The maximum Gasteiger partial charge on any atom is 0.147 e. The van der Waals surface area contributed by atoms with Crippen molar-refractivity contribution in [1.82, 2.24) is 4.98 Å². The second-order valence-corrected chi connectivity index (χ2v) is 3.58. The second-order valence-electron chi connectivity index (χ2n) is 3.58. The number of aryl methyl sites for hydroxylation is 1. The van der Waals surface area contributed by atoms with Crippen LogP contribution in [-0.2, 0) is 6.42 Å². The number of aromatic nitrogens is 1. The van der Waals surface area contributed by atoms with E-state index in [-0.39, 0.29) is 5.82 Å². The Morgan fingerprint density at radius 2 is 2.21 bits per heavy atom. The lowest BCUT2D eigenvalue weighted by atomic mass is 10.1. The first-order valence-corrected chi connectivity index (χ1v) is 5.07. The summed E-state index contributed by atoms with van der Waals surface area (Å²) < 4.78 is 13.3. The molecular weight excluding hydrogens is 177 g/mol. The van der Waals surface area contributed by atoms with Crippen molar-refractivity contribution in [3.05, 3.63) is 35.8 Å². The predicted molar refractivity (Wildman–Crippen MR) is 56.9 cm³/mol. The number of hydrogen-bond donors (Lipinski definition) is 1. The van der Waals surface area contributed by atoms with Gasteiger partial charge in [0.15, 0.2) is 0 Å². The van der Waals surface area contributed by atoms with E-state index in [1.54, 1.807) is 6.07 Å². The number of unbranched alkanes of at least 4 members (excludes halogenated alkanes) is 1. The van der Waals surface area contributed by atoms with Crippen LogP contribution in [0.5, 0.6) is 0 Å². The van der Waals surface area contributed by atoms with E-state index in [0.29, 0.717) is 5.52 Å². The Bertz CT molecular complexity index is 431. The second kappa shape index (κ2) is 3.82. The molecule has 0 spiro atoms. The third-order valence-electron chi connectivity index (χ3n) is 2.55. The predicted octanol–water partition coefficient (Wildman–Crippen LogP) is 3.65. The first-order chi connectivity index (χ1) is 6.83. The number of hydrogen-bond acceptors (Lipinski definition) is 0. The zero-order valence-electron chi connectivity index (χ0n) is 8.31. The molecule has 74 valence electrons. The lowest BCUT2D eigenvalue weighted by Gasteiger charge is -1.97. The van der Waals surface area contributed by atoms with Crippen LogP contribution >= 0.6 is 0 Å². The van der Waals surface area contributed by atoms with Crippen LogP contribution < -0.4 is 0 Å². The number of para-hydroxylation sites is 1. The van der Waals surface area contributed by atoms with Gasteiger partial charge in [0.25, 0.3) is 0 Å². The zero-order chi connectivity index (χ0) is 9.97. The van der Waals surface area contributed by atoms with Crippen molar-refractivity contribution in [3.63, 3.8) is 0 Å². The first-order valence-electron chi connectivity index (χ1n) is 5.07. The Kier molecular flexibility index (Phi) is 2.53. The topological polar surface area (TPSA) is 15.8 Å². The van der Waals surface area contributed by atoms with Crippen LogP contribution in [0.25, 0.3) is 10.9 Å². The van der Waals surface area contributed by atoms with Crippen LogP contribution in [0.1, 0.15) is 25.3 Å². The molecule has 0 saturated carbocycles. The first kappa shape index (κ1) is 9.25. The van der Waals surface area contributed by atoms with Crippen molar-refractivity contribution in [2.45, 2.75) is 26.2 Å². The summed E-state index contributed by atoms with van der Waals surface area (Å²) in [5, 5.41) is 1.03. The van der Waals surface area contributed by atoms with Gasteiger partial charge in [0.2, 0.25) is 0 Å². The van der Waals surface area contributed by atoms with Gasteiger partial charge in [0, 0.05) is 11.6 Å². The fourth-order valence-corrected chi connectivity index (χ4v) is 1.75. The van der Waals surface area contributed by atoms with Crippen LogP contribution in [0.3, 0.4) is 0 Å². The van der Waals surface area contributed by atoms with Crippen molar-refractivity contribution in [2.75, 3.05) is 0 Å². The molecule has 14 heavy (non-hydrogen) atoms. The van der Waals surface area contributed by atoms with Gasteiger partial charge in [0.05, 0.1) is 5.52 Å². The highest BCUT2D eigenvalue weighted by Crippen LogP contribution is 2.21. The highest BCUT2D eigenvalue weighted by Gasteiger charge is 2.05. The van der Waals surface area contributed by atoms with Gasteiger partial charge in [-0.2, -0.15) is 0 Å². The van der Waals surface area contributed by atoms with E-state index in [2.05, 4.69) is 11.9 Å². The van der Waals surface area contributed by atoms with E-state index in [1.165, 1.54) is 18.1 Å². The summed E-state index contributed by atoms with van der Waals surface area (Å²) in [5.41, 5.74) is 1.86. The molecule has 1 aromatic carbocycles. The molecular formula is C12H14FN. The lowest BCUT2D eigenvalue weighted by Crippen LogP contribution is -1.82. The third kappa shape index (κ3) is 1.52. The third-order valence-corrected chi connectivity index (χ3v) is 2.55. The molecule has 1 nitrogen and oxygen atoms in total. The summed E-state index contributed by atoms with van der Waals surface area (Å²) in [6, 6.07) is 5.23. The summed E-state index contributed by atoms with van der Waals surface area (Å²) in [7, 11) is 0. The minimum Gasteiger partial charge on any atom is -0.359 e. The molecule has 0 aliphatic heterocycles. The Morgan fingerprint density at radius 1 is 1.36 bits per heavy atom. The van der Waals surface area contributed by atoms with Gasteiger partial charge in [-0.25, -0.2) is 4.39 Å². The molecule has 0 fully saturated rings. The molecule has 2 rings (SSSR count). The van der Waals surface area contributed by atoms with E-state index >= 15 is 0 Å². The molecule has 2 aromatic rings. The molecule has 1 N–H and O–H groups in total. The molecule has 1 heterocycles. The molecule has 0 unspecified atom stereocenters. The minimum absolute atomic E-state index is 0.162. The largest absolute Gasteiger partial charge is 0.359 e. The van der Waals surface area contributed by atoms with Gasteiger partial charge >= 0.3 is 0 Å². The SMILES string of the molecule is CCCCc1c[nH]c2c(F)cccc12. The number of H-pyrrole nitrogens is 1. The molecule has 0 atom stereocenters. The van der Waals surface area contributed by atoms with Crippen LogP contribution in [0.2, 0.25) is 0 Å².